The summed E-state index contributed by atoms with van der Waals surface area (Å²) in [5.41, 5.74) is 0. The van der Waals surface area contributed by atoms with Gasteiger partial charge in [0, 0.05) is 19.6 Å². The Kier molecular flexibility index (Phi) is 3.47. The van der Waals surface area contributed by atoms with E-state index in [0.29, 0.717) is 18.9 Å². The highest BCUT2D eigenvalue weighted by Crippen LogP contribution is 2.14. The third kappa shape index (κ3) is 2.72. The molecule has 3 heteroatoms. The average molecular weight is 175 g/mol. The number of aliphatic hydroxyl groups excluding tert-OH is 1. The lowest BCUT2D eigenvalue weighted by Gasteiger charge is -2.33. The molecule has 1 aliphatic rings. The second kappa shape index (κ2) is 4.19. The van der Waals surface area contributed by atoms with Crippen LogP contribution in [0, 0.1) is 5.92 Å². The molecular formula is C9H18FNO. The van der Waals surface area contributed by atoms with Crippen molar-refractivity contribution in [2.45, 2.75) is 32.5 Å². The molecule has 1 saturated heterocycles. The van der Waals surface area contributed by atoms with Gasteiger partial charge in [-0.15, -0.1) is 0 Å². The quantitative estimate of drug-likeness (QED) is 0.678. The summed E-state index contributed by atoms with van der Waals surface area (Å²) in [5, 5.41) is 9.13. The summed E-state index contributed by atoms with van der Waals surface area (Å²) in [4.78, 5) is 2.09. The van der Waals surface area contributed by atoms with Gasteiger partial charge >= 0.3 is 0 Å². The predicted molar refractivity (Wildman–Crippen MR) is 46.8 cm³/mol. The van der Waals surface area contributed by atoms with Crippen LogP contribution in [0.15, 0.2) is 0 Å². The van der Waals surface area contributed by atoms with Gasteiger partial charge in [-0.3, -0.25) is 4.90 Å². The van der Waals surface area contributed by atoms with Crippen molar-refractivity contribution in [3.05, 3.63) is 0 Å². The van der Waals surface area contributed by atoms with Crippen LogP contribution in [-0.4, -0.2) is 41.9 Å². The lowest BCUT2D eigenvalue weighted by atomic mass is 10.0. The maximum absolute atomic E-state index is 13.0. The number of rotatable bonds is 2. The highest BCUT2D eigenvalue weighted by molar-refractivity contribution is 4.79. The van der Waals surface area contributed by atoms with E-state index in [4.69, 9.17) is 5.11 Å². The van der Waals surface area contributed by atoms with Crippen molar-refractivity contribution in [3.63, 3.8) is 0 Å². The highest BCUT2D eigenvalue weighted by Gasteiger charge is 2.27. The molecule has 0 aromatic heterocycles. The van der Waals surface area contributed by atoms with Gasteiger partial charge in [0.15, 0.2) is 0 Å². The van der Waals surface area contributed by atoms with Crippen molar-refractivity contribution in [2.24, 2.45) is 5.92 Å². The van der Waals surface area contributed by atoms with Gasteiger partial charge in [0.05, 0.1) is 6.10 Å². The molecule has 1 rings (SSSR count). The normalized spacial score (nSPS) is 32.8. The summed E-state index contributed by atoms with van der Waals surface area (Å²) in [6.07, 6.45) is -1.20. The van der Waals surface area contributed by atoms with Crippen molar-refractivity contribution in [1.29, 1.82) is 0 Å². The smallest absolute Gasteiger partial charge is 0.138 e. The van der Waals surface area contributed by atoms with Crippen LogP contribution in [0.2, 0.25) is 0 Å². The summed E-state index contributed by atoms with van der Waals surface area (Å²) >= 11 is 0. The van der Waals surface area contributed by atoms with Crippen LogP contribution in [0.4, 0.5) is 4.39 Å². The van der Waals surface area contributed by atoms with E-state index in [9.17, 15) is 4.39 Å². The largest absolute Gasteiger partial charge is 0.390 e. The number of nitrogens with zero attached hydrogens (tertiary/aromatic N) is 1. The second-order valence-electron chi connectivity index (χ2n) is 4.03. The fraction of sp³-hybridized carbons (Fsp3) is 1.00. The standard InChI is InChI=1S/C9H18FNO/c1-7(2)5-11-4-3-9(12)8(10)6-11/h7-9,12H,3-6H2,1-2H3/t8-,9-/m1/s1. The Morgan fingerprint density at radius 2 is 2.25 bits per heavy atom. The molecule has 1 aliphatic heterocycles. The molecule has 0 aliphatic carbocycles. The van der Waals surface area contributed by atoms with E-state index in [1.54, 1.807) is 0 Å². The van der Waals surface area contributed by atoms with Crippen LogP contribution in [0.3, 0.4) is 0 Å². The Morgan fingerprint density at radius 1 is 1.58 bits per heavy atom. The van der Waals surface area contributed by atoms with Crippen molar-refractivity contribution >= 4 is 0 Å². The molecule has 2 atom stereocenters. The zero-order valence-corrected chi connectivity index (χ0v) is 7.83. The number of alkyl halides is 1. The first kappa shape index (κ1) is 9.93. The first-order valence-corrected chi connectivity index (χ1v) is 4.64. The van der Waals surface area contributed by atoms with Gasteiger partial charge in [-0.2, -0.15) is 0 Å². The average Bonchev–Trinajstić information content (AvgIpc) is 1.96. The van der Waals surface area contributed by atoms with Gasteiger partial charge in [-0.25, -0.2) is 4.39 Å². The van der Waals surface area contributed by atoms with Gasteiger partial charge in [-0.1, -0.05) is 13.8 Å². The zero-order valence-electron chi connectivity index (χ0n) is 7.83. The fourth-order valence-electron chi connectivity index (χ4n) is 1.64. The molecule has 0 aromatic rings. The second-order valence-corrected chi connectivity index (χ2v) is 4.03. The van der Waals surface area contributed by atoms with E-state index < -0.39 is 12.3 Å². The van der Waals surface area contributed by atoms with Gasteiger partial charge in [-0.05, 0) is 12.3 Å². The Bertz CT molecular complexity index is 140. The van der Waals surface area contributed by atoms with Crippen molar-refractivity contribution < 1.29 is 9.50 Å². The molecule has 0 saturated carbocycles. The summed E-state index contributed by atoms with van der Waals surface area (Å²) in [6, 6.07) is 0. The summed E-state index contributed by atoms with van der Waals surface area (Å²) in [6.45, 7) is 6.42. The molecule has 2 nitrogen and oxygen atoms in total. The van der Waals surface area contributed by atoms with Crippen LogP contribution in [0.25, 0.3) is 0 Å². The number of hydrogen-bond donors (Lipinski definition) is 1. The van der Waals surface area contributed by atoms with Crippen LogP contribution < -0.4 is 0 Å². The van der Waals surface area contributed by atoms with E-state index in [0.717, 1.165) is 13.1 Å². The molecule has 0 bridgehead atoms. The topological polar surface area (TPSA) is 23.5 Å². The third-order valence-electron chi connectivity index (χ3n) is 2.21. The third-order valence-corrected chi connectivity index (χ3v) is 2.21. The van der Waals surface area contributed by atoms with Crippen molar-refractivity contribution in [1.82, 2.24) is 4.90 Å². The number of likely N-dealkylation sites (tertiary alicyclic amines) is 1. The monoisotopic (exact) mass is 175 g/mol. The van der Waals surface area contributed by atoms with E-state index in [-0.39, 0.29) is 0 Å². The number of halogens is 1. The molecule has 0 aromatic carbocycles. The van der Waals surface area contributed by atoms with E-state index in [1.165, 1.54) is 0 Å². The Balaban J connectivity index is 2.30. The molecule has 0 unspecified atom stereocenters. The van der Waals surface area contributed by atoms with Gasteiger partial charge in [0.2, 0.25) is 0 Å². The molecule has 0 spiro atoms. The van der Waals surface area contributed by atoms with Crippen LogP contribution in [-0.2, 0) is 0 Å². The number of aliphatic hydroxyl groups is 1. The molecule has 12 heavy (non-hydrogen) atoms. The lowest BCUT2D eigenvalue weighted by Crippen LogP contribution is -2.45. The number of hydrogen-bond acceptors (Lipinski definition) is 2. The summed E-state index contributed by atoms with van der Waals surface area (Å²) < 4.78 is 13.0. The molecule has 1 fully saturated rings. The predicted octanol–water partition coefficient (Wildman–Crippen LogP) is 1.05. The minimum atomic E-state index is -1.04. The van der Waals surface area contributed by atoms with Crippen molar-refractivity contribution in [3.8, 4) is 0 Å². The van der Waals surface area contributed by atoms with Gasteiger partial charge < -0.3 is 5.11 Å². The summed E-state index contributed by atoms with van der Waals surface area (Å²) in [5.74, 6) is 0.576. The maximum Gasteiger partial charge on any atom is 0.138 e. The van der Waals surface area contributed by atoms with Crippen LogP contribution in [0.1, 0.15) is 20.3 Å². The Hall–Kier alpha value is -0.150. The van der Waals surface area contributed by atoms with Gasteiger partial charge in [0.25, 0.3) is 0 Å². The minimum Gasteiger partial charge on any atom is -0.390 e. The molecule has 0 radical (unpaired) electrons. The first-order chi connectivity index (χ1) is 5.59. The maximum atomic E-state index is 13.0. The summed E-state index contributed by atoms with van der Waals surface area (Å²) in [7, 11) is 0. The first-order valence-electron chi connectivity index (χ1n) is 4.64. The highest BCUT2D eigenvalue weighted by atomic mass is 19.1. The molecule has 1 N–H and O–H groups in total. The van der Waals surface area contributed by atoms with Crippen LogP contribution >= 0.6 is 0 Å². The Labute approximate surface area is 73.4 Å². The molecule has 0 amide bonds. The zero-order chi connectivity index (χ0) is 9.14. The fourth-order valence-corrected chi connectivity index (χ4v) is 1.64. The molecule has 1 heterocycles. The lowest BCUT2D eigenvalue weighted by molar-refractivity contribution is 0.00331. The van der Waals surface area contributed by atoms with E-state index >= 15 is 0 Å². The number of piperidine rings is 1. The van der Waals surface area contributed by atoms with E-state index in [1.807, 2.05) is 0 Å². The minimum absolute atomic E-state index is 0.402. The Morgan fingerprint density at radius 3 is 2.75 bits per heavy atom. The van der Waals surface area contributed by atoms with E-state index in [2.05, 4.69) is 18.7 Å². The van der Waals surface area contributed by atoms with Crippen molar-refractivity contribution in [2.75, 3.05) is 19.6 Å². The SMILES string of the molecule is CC(C)CN1CC[C@@H](O)[C@H](F)C1. The molecular weight excluding hydrogens is 157 g/mol. The van der Waals surface area contributed by atoms with Gasteiger partial charge in [0.1, 0.15) is 6.17 Å². The van der Waals surface area contributed by atoms with Crippen LogP contribution in [0.5, 0.6) is 0 Å². The molecule has 72 valence electrons.